The number of carboxylic acid groups (broad SMARTS) is 1. The van der Waals surface area contributed by atoms with Gasteiger partial charge < -0.3 is 66.4 Å². The molecule has 0 saturated carbocycles. The number of carbonyl (C=O) groups is 11. The van der Waals surface area contributed by atoms with Crippen LogP contribution in [0.25, 0.3) is 5.76 Å². The number of rotatable bonds is 21. The van der Waals surface area contributed by atoms with Crippen molar-refractivity contribution in [3.05, 3.63) is 175 Å². The number of hydrogen-bond acceptors (Lipinski definition) is 30. The zero-order valence-electron chi connectivity index (χ0n) is 57.5. The van der Waals surface area contributed by atoms with E-state index in [4.69, 9.17) is 52.2 Å². The van der Waals surface area contributed by atoms with E-state index in [9.17, 15) is 108 Å². The number of carboxylic acids is 1. The van der Waals surface area contributed by atoms with Gasteiger partial charge in [0.05, 0.1) is 116 Å². The van der Waals surface area contributed by atoms with Crippen molar-refractivity contribution in [2.45, 2.75) is 115 Å². The Bertz CT molecular complexity index is 4000. The summed E-state index contributed by atoms with van der Waals surface area (Å²) in [6.45, 7) is 15.0. The Morgan fingerprint density at radius 2 is 0.860 bits per heavy atom. The van der Waals surface area contributed by atoms with Crippen LogP contribution in [0.2, 0.25) is 0 Å². The summed E-state index contributed by atoms with van der Waals surface area (Å²) in [6, 6.07) is 17.8. The summed E-state index contributed by atoms with van der Waals surface area (Å²) >= 11 is 4.98. The number of fused-ring (bicyclic) bond motifs is 2. The Morgan fingerprint density at radius 1 is 0.505 bits per heavy atom. The van der Waals surface area contributed by atoms with Crippen LogP contribution in [0.15, 0.2) is 96.6 Å². The van der Waals surface area contributed by atoms with Gasteiger partial charge >= 0.3 is 35.8 Å². The van der Waals surface area contributed by atoms with E-state index in [2.05, 4.69) is 20.7 Å². The van der Waals surface area contributed by atoms with Gasteiger partial charge in [0.25, 0.3) is 28.4 Å². The van der Waals surface area contributed by atoms with Gasteiger partial charge in [-0.1, -0.05) is 28.7 Å². The number of carbonyl (C=O) groups excluding carboxylic acids is 10. The number of aliphatic hydroxyl groups excluding tert-OH is 2. The number of hydrogen-bond donors (Lipinski definition) is 8. The maximum atomic E-state index is 11.9. The highest BCUT2D eigenvalue weighted by atomic mass is 35.5. The van der Waals surface area contributed by atoms with E-state index in [-0.39, 0.29) is 207 Å². The lowest BCUT2D eigenvalue weighted by atomic mass is 10.1. The first-order chi connectivity index (χ1) is 49.0. The molecule has 5 aromatic rings. The molecule has 10 N–H and O–H groups in total. The van der Waals surface area contributed by atoms with Crippen LogP contribution in [-0.2, 0) is 57.2 Å². The number of aromatic carboxylic acids is 1. The highest BCUT2D eigenvalue weighted by molar-refractivity contribution is 6.63. The lowest BCUT2D eigenvalue weighted by Gasteiger charge is -2.10. The fraction of sp³-hybridized carbons (Fsp3) is 0.348. The molecular formula is C66H84Cl2N10O29. The van der Waals surface area contributed by atoms with E-state index in [0.29, 0.717) is 12.3 Å². The van der Waals surface area contributed by atoms with Gasteiger partial charge in [0.15, 0.2) is 5.78 Å². The fourth-order valence-electron chi connectivity index (χ4n) is 7.61. The number of anilines is 5. The number of ether oxygens (including phenoxy) is 5. The van der Waals surface area contributed by atoms with E-state index >= 15 is 0 Å². The number of nitro groups is 5. The standard InChI is InChI=1S/C15H18N2O7.C13H12N2O6.C10H8N2O4.C9H10N2O4.C7H6N2O4.C6H9ClO3.C2H6O.C2H6.2CH4.ClH/c1-3-23-14(19)8-7-13(18)16-12-6-5-10(17(21)22)9-11(12)15(20)24-4-2;1-2-21-13(18)9-6-11(16)14-10-4-3-7(15(19)20)5-8(10)12(9)17;13-9-3-4-10(14)11-8-2-1-6(12(15)16)5-7(8)9;1-2-15-9(12)7-5-6(11(13)14)3-4-8(7)10;8-6-2-1-4(9(12)13)3-5(6)7(10)11;1-2-10-6(9)4-3-5(7)8;1-2-3;1-2;;;/h5-6,9H,3-4,7-8H2,1-2H3,(H,16,18);3-5,17H,2,6H2,1H3,(H,14,16);1-2,5H,3-4H2,(H,11,14);3-5H,2,10H2,1H3;1-3H,8H2,(H,10,11);2-4H2,1H3;3H,2H2,1H3;1-2H3;2*1H4;1H. The number of esters is 5. The van der Waals surface area contributed by atoms with E-state index in [1.807, 2.05) is 13.8 Å². The molecule has 39 nitrogen and oxygen atoms in total. The number of nitro benzene ring substituents is 5. The van der Waals surface area contributed by atoms with Crippen LogP contribution in [0.3, 0.4) is 0 Å². The maximum Gasteiger partial charge on any atom is 0.340 e. The van der Waals surface area contributed by atoms with Gasteiger partial charge in [0.1, 0.15) is 5.76 Å². The Hall–Kier alpha value is -12.7. The van der Waals surface area contributed by atoms with Gasteiger partial charge in [0.2, 0.25) is 23.0 Å². The molecule has 3 amide bonds. The van der Waals surface area contributed by atoms with E-state index in [1.54, 1.807) is 41.5 Å². The lowest BCUT2D eigenvalue weighted by Crippen LogP contribution is -2.17. The fourth-order valence-corrected chi connectivity index (χ4v) is 7.71. The summed E-state index contributed by atoms with van der Waals surface area (Å²) in [6.07, 6.45) is -0.287. The number of nitrogens with two attached hydrogens (primary N) is 2. The highest BCUT2D eigenvalue weighted by Gasteiger charge is 2.29. The van der Waals surface area contributed by atoms with E-state index in [1.165, 1.54) is 54.6 Å². The van der Waals surface area contributed by atoms with Crippen LogP contribution in [0.4, 0.5) is 56.9 Å². The number of non-ortho nitro benzene ring substituents is 5. The molecule has 41 heteroatoms. The first kappa shape index (κ1) is 101. The Kier molecular flexibility index (Phi) is 50.1. The maximum absolute atomic E-state index is 11.9. The number of benzene rings is 5. The molecule has 0 atom stereocenters. The molecule has 107 heavy (non-hydrogen) atoms. The molecule has 2 heterocycles. The van der Waals surface area contributed by atoms with Gasteiger partial charge in [-0.2, -0.15) is 0 Å². The SMILES string of the molecule is C.C.CC.CCO.CCOC(=O)C1=C(O)c2cc([N+](=O)[O-])ccc2NC(=O)C1.CCOC(=O)CCC(=O)Cl.CCOC(=O)CCC(=O)Nc1ccc([N+](=O)[O-])cc1C(=O)OCC.CCOC(=O)c1cc([N+](=O)[O-])ccc1N.Cl.Nc1ccc([N+](=O)[O-])cc1C(=O)O.O=C1CCC(=O)c2cc([N+](=O)[O-])ccc2N1. The minimum absolute atomic E-state index is 0. The number of aliphatic hydroxyl groups is 2. The van der Waals surface area contributed by atoms with Crippen molar-refractivity contribution in [1.82, 2.24) is 0 Å². The topological polar surface area (TPSA) is 598 Å². The zero-order chi connectivity index (χ0) is 79.5. The first-order valence-electron chi connectivity index (χ1n) is 30.7. The predicted octanol–water partition coefficient (Wildman–Crippen LogP) is 11.4. The van der Waals surface area contributed by atoms with Crippen LogP contribution in [0.1, 0.15) is 162 Å². The monoisotopic (exact) mass is 1550 g/mol. The number of halogens is 2. The molecule has 0 fully saturated rings. The average Bonchev–Trinajstić information content (AvgIpc) is 1.59. The molecule has 0 aliphatic carbocycles. The first-order valence-corrected chi connectivity index (χ1v) is 31.1. The molecule has 7 rings (SSSR count). The minimum atomic E-state index is -1.28. The number of amides is 3. The van der Waals surface area contributed by atoms with Crippen molar-refractivity contribution >= 4 is 151 Å². The molecule has 0 saturated heterocycles. The normalized spacial score (nSPS) is 10.8. The number of nitrogens with zero attached hydrogens (tertiary/aromatic N) is 5. The molecule has 2 aliphatic rings. The molecule has 0 aromatic heterocycles. The second kappa shape index (κ2) is 53.2. The van der Waals surface area contributed by atoms with Crippen LogP contribution in [0, 0.1) is 50.6 Å². The third-order valence-corrected chi connectivity index (χ3v) is 12.3. The molecule has 586 valence electrons. The van der Waals surface area contributed by atoms with Crippen molar-refractivity contribution in [3.8, 4) is 0 Å². The predicted molar refractivity (Wildman–Crippen MR) is 391 cm³/mol. The van der Waals surface area contributed by atoms with Gasteiger partial charge in [-0.05, 0) is 83.5 Å². The third kappa shape index (κ3) is 36.4. The van der Waals surface area contributed by atoms with Crippen molar-refractivity contribution < 1.29 is 116 Å². The number of ketones is 1. The zero-order valence-corrected chi connectivity index (χ0v) is 59.1. The smallest absolute Gasteiger partial charge is 0.340 e. The largest absolute Gasteiger partial charge is 0.507 e. The van der Waals surface area contributed by atoms with Crippen LogP contribution >= 0.6 is 24.0 Å². The summed E-state index contributed by atoms with van der Waals surface area (Å²) in [5.74, 6) is -6.48. The second-order valence-corrected chi connectivity index (χ2v) is 19.8. The van der Waals surface area contributed by atoms with E-state index < -0.39 is 77.3 Å². The summed E-state index contributed by atoms with van der Waals surface area (Å²) in [5, 5.41) is 86.2. The molecular weight excluding hydrogens is 1470 g/mol. The Morgan fingerprint density at radius 3 is 1.29 bits per heavy atom. The molecule has 0 radical (unpaired) electrons. The molecule has 0 spiro atoms. The van der Waals surface area contributed by atoms with Gasteiger partial charge in [-0.3, -0.25) is 84.1 Å². The summed E-state index contributed by atoms with van der Waals surface area (Å²) in [5.41, 5.74) is 10.0. The number of nitrogen functional groups attached to an aromatic ring is 2. The van der Waals surface area contributed by atoms with Gasteiger partial charge in [-0.15, -0.1) is 12.4 Å². The minimum Gasteiger partial charge on any atom is -0.507 e. The quantitative estimate of drug-likeness (QED) is 0.00844. The number of nitrogens with one attached hydrogen (secondary N) is 3. The third-order valence-electron chi connectivity index (χ3n) is 12.2. The summed E-state index contributed by atoms with van der Waals surface area (Å²) in [7, 11) is 0. The van der Waals surface area contributed by atoms with Crippen LogP contribution in [-0.4, -0.2) is 144 Å². The Balaban J connectivity index is -0.000000595. The van der Waals surface area contributed by atoms with Crippen molar-refractivity contribution in [2.75, 3.05) is 67.1 Å². The van der Waals surface area contributed by atoms with Crippen molar-refractivity contribution in [3.63, 3.8) is 0 Å². The van der Waals surface area contributed by atoms with Crippen LogP contribution < -0.4 is 27.4 Å². The Labute approximate surface area is 622 Å². The lowest BCUT2D eigenvalue weighted by molar-refractivity contribution is -0.385. The molecule has 2 aliphatic heterocycles. The molecule has 0 bridgehead atoms. The average molecular weight is 1550 g/mol. The highest BCUT2D eigenvalue weighted by Crippen LogP contribution is 2.33. The van der Waals surface area contributed by atoms with Crippen molar-refractivity contribution in [2.24, 2.45) is 0 Å². The van der Waals surface area contributed by atoms with Crippen molar-refractivity contribution in [1.29, 1.82) is 0 Å². The summed E-state index contributed by atoms with van der Waals surface area (Å²) < 4.78 is 23.6. The second-order valence-electron chi connectivity index (χ2n) is 19.3. The van der Waals surface area contributed by atoms with Crippen LogP contribution in [0.5, 0.6) is 0 Å². The van der Waals surface area contributed by atoms with E-state index in [0.717, 1.165) is 36.4 Å². The summed E-state index contributed by atoms with van der Waals surface area (Å²) in [4.78, 5) is 174. The molecule has 0 unspecified atom stereocenters. The molecule has 5 aromatic carbocycles. The van der Waals surface area contributed by atoms with Gasteiger partial charge in [-0.25, -0.2) is 19.2 Å². The van der Waals surface area contributed by atoms with Gasteiger partial charge in [0, 0.05) is 115 Å². The number of Topliss-reactive ketones (excluding diaryl/α,β-unsaturated/α-hetero) is 1.